The maximum absolute atomic E-state index is 12.4. The number of piperidine rings is 1. The molecule has 0 aliphatic carbocycles. The van der Waals surface area contributed by atoms with E-state index in [0.29, 0.717) is 4.90 Å². The summed E-state index contributed by atoms with van der Waals surface area (Å²) in [6.45, 7) is 0. The molecule has 1 aromatic carbocycles. The van der Waals surface area contributed by atoms with Gasteiger partial charge >= 0.3 is 0 Å². The van der Waals surface area contributed by atoms with Crippen LogP contribution in [0.25, 0.3) is 0 Å². The summed E-state index contributed by atoms with van der Waals surface area (Å²) in [5.41, 5.74) is 10.1. The highest BCUT2D eigenvalue weighted by molar-refractivity contribution is 6.26. The summed E-state index contributed by atoms with van der Waals surface area (Å²) < 4.78 is 0. The Bertz CT molecular complexity index is 714. The summed E-state index contributed by atoms with van der Waals surface area (Å²) in [5.74, 6) is -2.77. The standard InChI is InChI=1S/C13H12N4O4/c14-7-3-1-2-6-9(7)11(20)17(10(6)19)13(15)5-4-8(18)16-12(13)21/h1-3H,4-5,14-15H2,(H,16,18,21). The van der Waals surface area contributed by atoms with Gasteiger partial charge in [0.05, 0.1) is 11.1 Å². The molecule has 8 heteroatoms. The van der Waals surface area contributed by atoms with Crippen LogP contribution in [0.5, 0.6) is 0 Å². The first kappa shape index (κ1) is 13.3. The SMILES string of the molecule is Nc1cccc2c1C(=O)N(C1(N)CCC(=O)NC1=O)C2=O. The first-order valence-electron chi connectivity index (χ1n) is 6.27. The number of benzene rings is 1. The van der Waals surface area contributed by atoms with E-state index in [4.69, 9.17) is 11.5 Å². The molecule has 2 heterocycles. The molecule has 1 aromatic rings. The summed E-state index contributed by atoms with van der Waals surface area (Å²) >= 11 is 0. The van der Waals surface area contributed by atoms with Crippen molar-refractivity contribution in [3.63, 3.8) is 0 Å². The molecule has 8 nitrogen and oxygen atoms in total. The number of nitrogens with two attached hydrogens (primary N) is 2. The van der Waals surface area contributed by atoms with Gasteiger partial charge in [-0.25, -0.2) is 4.90 Å². The fourth-order valence-corrected chi connectivity index (χ4v) is 2.60. The molecule has 5 N–H and O–H groups in total. The highest BCUT2D eigenvalue weighted by Gasteiger charge is 2.53. The van der Waals surface area contributed by atoms with Crippen LogP contribution in [0, 0.1) is 0 Å². The number of hydrogen-bond donors (Lipinski definition) is 3. The molecular weight excluding hydrogens is 276 g/mol. The molecule has 0 radical (unpaired) electrons. The van der Waals surface area contributed by atoms with Gasteiger partial charge in [0.25, 0.3) is 17.7 Å². The lowest BCUT2D eigenvalue weighted by atomic mass is 9.97. The lowest BCUT2D eigenvalue weighted by Gasteiger charge is -2.37. The summed E-state index contributed by atoms with van der Waals surface area (Å²) in [7, 11) is 0. The molecule has 2 aliphatic heterocycles. The fourth-order valence-electron chi connectivity index (χ4n) is 2.60. The molecule has 1 fully saturated rings. The second-order valence-electron chi connectivity index (χ2n) is 5.02. The quantitative estimate of drug-likeness (QED) is 0.446. The van der Waals surface area contributed by atoms with Crippen LogP contribution in [-0.2, 0) is 9.59 Å². The lowest BCUT2D eigenvalue weighted by Crippen LogP contribution is -2.69. The van der Waals surface area contributed by atoms with Crippen molar-refractivity contribution in [1.29, 1.82) is 0 Å². The minimum Gasteiger partial charge on any atom is -0.398 e. The number of anilines is 1. The number of hydrogen-bond acceptors (Lipinski definition) is 6. The van der Waals surface area contributed by atoms with Gasteiger partial charge in [0.1, 0.15) is 0 Å². The maximum Gasteiger partial charge on any atom is 0.267 e. The molecule has 2 aliphatic rings. The molecule has 0 bridgehead atoms. The Labute approximate surface area is 119 Å². The zero-order valence-electron chi connectivity index (χ0n) is 10.9. The molecule has 4 amide bonds. The van der Waals surface area contributed by atoms with Gasteiger partial charge < -0.3 is 11.5 Å². The van der Waals surface area contributed by atoms with Crippen molar-refractivity contribution in [3.8, 4) is 0 Å². The average Bonchev–Trinajstić information content (AvgIpc) is 2.68. The molecule has 0 saturated carbocycles. The van der Waals surface area contributed by atoms with Crippen LogP contribution in [0.2, 0.25) is 0 Å². The van der Waals surface area contributed by atoms with Crippen LogP contribution in [0.3, 0.4) is 0 Å². The fraction of sp³-hybridized carbons (Fsp3) is 0.231. The van der Waals surface area contributed by atoms with Gasteiger partial charge in [-0.15, -0.1) is 0 Å². The predicted octanol–water partition coefficient (Wildman–Crippen LogP) is -1.04. The topological polar surface area (TPSA) is 136 Å². The van der Waals surface area contributed by atoms with Crippen LogP contribution < -0.4 is 16.8 Å². The number of carbonyl (C=O) groups excluding carboxylic acids is 4. The number of nitrogens with zero attached hydrogens (tertiary/aromatic N) is 1. The normalized spacial score (nSPS) is 25.1. The minimum absolute atomic E-state index is 0.0389. The van der Waals surface area contributed by atoms with Crippen LogP contribution in [0.1, 0.15) is 33.6 Å². The number of nitrogens with one attached hydrogen (secondary N) is 1. The monoisotopic (exact) mass is 288 g/mol. The third-order valence-corrected chi connectivity index (χ3v) is 3.73. The summed E-state index contributed by atoms with van der Waals surface area (Å²) in [6, 6.07) is 4.47. The Morgan fingerprint density at radius 2 is 1.86 bits per heavy atom. The second kappa shape index (κ2) is 4.13. The Kier molecular flexibility index (Phi) is 2.60. The van der Waals surface area contributed by atoms with Crippen molar-refractivity contribution in [1.82, 2.24) is 10.2 Å². The van der Waals surface area contributed by atoms with Gasteiger partial charge in [-0.2, -0.15) is 0 Å². The first-order valence-corrected chi connectivity index (χ1v) is 6.27. The van der Waals surface area contributed by atoms with E-state index in [1.54, 1.807) is 0 Å². The zero-order chi connectivity index (χ0) is 15.4. The van der Waals surface area contributed by atoms with Gasteiger partial charge in [0.15, 0.2) is 5.66 Å². The first-order chi connectivity index (χ1) is 9.86. The van der Waals surface area contributed by atoms with E-state index in [-0.39, 0.29) is 29.7 Å². The molecular formula is C13H12N4O4. The Morgan fingerprint density at radius 1 is 1.14 bits per heavy atom. The van der Waals surface area contributed by atoms with Crippen molar-refractivity contribution in [2.45, 2.75) is 18.5 Å². The van der Waals surface area contributed by atoms with E-state index in [2.05, 4.69) is 0 Å². The molecule has 0 spiro atoms. The van der Waals surface area contributed by atoms with E-state index in [0.717, 1.165) is 0 Å². The molecule has 0 aromatic heterocycles. The van der Waals surface area contributed by atoms with E-state index in [1.165, 1.54) is 18.2 Å². The number of imide groups is 2. The molecule has 1 atom stereocenters. The third-order valence-electron chi connectivity index (χ3n) is 3.73. The van der Waals surface area contributed by atoms with E-state index >= 15 is 0 Å². The Morgan fingerprint density at radius 3 is 2.48 bits per heavy atom. The maximum atomic E-state index is 12.4. The molecule has 3 rings (SSSR count). The van der Waals surface area contributed by atoms with Crippen molar-refractivity contribution in [3.05, 3.63) is 29.3 Å². The van der Waals surface area contributed by atoms with E-state index in [1.807, 2.05) is 5.32 Å². The van der Waals surface area contributed by atoms with Crippen molar-refractivity contribution in [2.75, 3.05) is 5.73 Å². The van der Waals surface area contributed by atoms with Crippen LogP contribution in [-0.4, -0.2) is 34.2 Å². The molecule has 1 saturated heterocycles. The lowest BCUT2D eigenvalue weighted by molar-refractivity contribution is -0.141. The largest absolute Gasteiger partial charge is 0.398 e. The van der Waals surface area contributed by atoms with Gasteiger partial charge in [0, 0.05) is 18.5 Å². The molecule has 21 heavy (non-hydrogen) atoms. The van der Waals surface area contributed by atoms with Crippen molar-refractivity contribution in [2.24, 2.45) is 5.73 Å². The van der Waals surface area contributed by atoms with E-state index < -0.39 is 29.3 Å². The minimum atomic E-state index is -1.88. The number of amides is 4. The third kappa shape index (κ3) is 1.66. The summed E-state index contributed by atoms with van der Waals surface area (Å²) in [5, 5.41) is 2.05. The summed E-state index contributed by atoms with van der Waals surface area (Å²) in [4.78, 5) is 48.7. The van der Waals surface area contributed by atoms with Gasteiger partial charge in [-0.05, 0) is 12.1 Å². The van der Waals surface area contributed by atoms with Gasteiger partial charge in [0.2, 0.25) is 5.91 Å². The summed E-state index contributed by atoms with van der Waals surface area (Å²) in [6.07, 6.45) is -0.172. The molecule has 1 unspecified atom stereocenters. The van der Waals surface area contributed by atoms with Gasteiger partial charge in [-0.3, -0.25) is 24.5 Å². The second-order valence-corrected chi connectivity index (χ2v) is 5.02. The highest BCUT2D eigenvalue weighted by atomic mass is 16.2. The van der Waals surface area contributed by atoms with Crippen molar-refractivity contribution < 1.29 is 19.2 Å². The van der Waals surface area contributed by atoms with Crippen molar-refractivity contribution >= 4 is 29.3 Å². The van der Waals surface area contributed by atoms with Gasteiger partial charge in [-0.1, -0.05) is 6.07 Å². The highest BCUT2D eigenvalue weighted by Crippen LogP contribution is 2.33. The van der Waals surface area contributed by atoms with Crippen LogP contribution in [0.15, 0.2) is 18.2 Å². The van der Waals surface area contributed by atoms with E-state index in [9.17, 15) is 19.2 Å². The number of rotatable bonds is 1. The molecule has 108 valence electrons. The Balaban J connectivity index is 2.08. The smallest absolute Gasteiger partial charge is 0.267 e. The Hall–Kier alpha value is -2.74. The predicted molar refractivity (Wildman–Crippen MR) is 70.7 cm³/mol. The number of carbonyl (C=O) groups is 4. The number of nitrogen functional groups attached to an aromatic ring is 1. The zero-order valence-corrected chi connectivity index (χ0v) is 10.9. The van der Waals surface area contributed by atoms with Crippen LogP contribution >= 0.6 is 0 Å². The van der Waals surface area contributed by atoms with Crippen LogP contribution in [0.4, 0.5) is 5.69 Å². The number of fused-ring (bicyclic) bond motifs is 1. The average molecular weight is 288 g/mol.